The molecule has 2 aromatic heterocycles. The maximum absolute atomic E-state index is 13.5. The van der Waals surface area contributed by atoms with Crippen molar-refractivity contribution in [3.63, 3.8) is 0 Å². The van der Waals surface area contributed by atoms with Gasteiger partial charge in [-0.1, -0.05) is 36.5 Å². The van der Waals surface area contributed by atoms with Gasteiger partial charge in [-0.2, -0.15) is 0 Å². The molecule has 1 aliphatic rings. The van der Waals surface area contributed by atoms with Gasteiger partial charge in [0.15, 0.2) is 0 Å². The highest BCUT2D eigenvalue weighted by Gasteiger charge is 2.29. The molecule has 2 aromatic carbocycles. The molecular formula is C26H30FN6O3PS2. The average Bonchev–Trinajstić information content (AvgIpc) is 3.26. The fraction of sp³-hybridized carbons (Fsp3) is 0.346. The summed E-state index contributed by atoms with van der Waals surface area (Å²) in [5.74, 6) is 1.06. The van der Waals surface area contributed by atoms with Crippen LogP contribution in [0.3, 0.4) is 0 Å². The van der Waals surface area contributed by atoms with Gasteiger partial charge in [-0.15, -0.1) is 0 Å². The smallest absolute Gasteiger partial charge is 0.256 e. The van der Waals surface area contributed by atoms with Crippen LogP contribution in [-0.2, 0) is 22.9 Å². The van der Waals surface area contributed by atoms with Gasteiger partial charge >= 0.3 is 0 Å². The average molecular weight is 589 g/mol. The lowest BCUT2D eigenvalue weighted by Gasteiger charge is -2.38. The number of benzene rings is 2. The number of halogens is 1. The Balaban J connectivity index is 1.37. The zero-order valence-corrected chi connectivity index (χ0v) is 24.2. The van der Waals surface area contributed by atoms with E-state index < -0.39 is 11.9 Å². The fourth-order valence-corrected chi connectivity index (χ4v) is 6.38. The normalized spacial score (nSPS) is 16.8. The van der Waals surface area contributed by atoms with Gasteiger partial charge in [0.05, 0.1) is 17.6 Å². The number of nitrogens with zero attached hydrogens (tertiary/aromatic N) is 6. The highest BCUT2D eigenvalue weighted by Crippen LogP contribution is 2.50. The number of piperidine rings is 1. The van der Waals surface area contributed by atoms with Crippen molar-refractivity contribution in [3.8, 4) is 0 Å². The first kappa shape index (κ1) is 27.8. The summed E-state index contributed by atoms with van der Waals surface area (Å²) >= 11 is 8.86. The summed E-state index contributed by atoms with van der Waals surface area (Å²) in [6.07, 6.45) is 2.25. The lowest BCUT2D eigenvalue weighted by molar-refractivity contribution is 0.155. The molecule has 0 aliphatic carbocycles. The van der Waals surface area contributed by atoms with Crippen molar-refractivity contribution in [1.29, 1.82) is 0 Å². The van der Waals surface area contributed by atoms with E-state index in [0.717, 1.165) is 48.5 Å². The van der Waals surface area contributed by atoms with E-state index in [1.165, 1.54) is 29.0 Å². The molecule has 5 rings (SSSR count). The van der Waals surface area contributed by atoms with Crippen LogP contribution < -0.4 is 15.4 Å². The monoisotopic (exact) mass is 588 g/mol. The second kappa shape index (κ2) is 11.4. The number of rotatable bonds is 8. The molecule has 0 bridgehead atoms. The number of thiol groups is 1. The standard InChI is InChI=1S/C26H30FN6O3PS2/c1-18(36-37(35,38)39)33-24(34)11-14-28-25(33)30(2)21-12-15-31(16-13-21)26-29-22-5-3-4-6-23(22)32(26)17-19-7-9-20(27)10-8-19/h3-11,14,18,21H,12-13,15-17H2,1-2H3,(H2,35,38,39). The van der Waals surface area contributed by atoms with Crippen LogP contribution in [0.15, 0.2) is 65.6 Å². The van der Waals surface area contributed by atoms with Crippen LogP contribution in [0.25, 0.3) is 11.0 Å². The number of fused-ring (bicyclic) bond motifs is 1. The summed E-state index contributed by atoms with van der Waals surface area (Å²) in [6, 6.07) is 16.0. The van der Waals surface area contributed by atoms with Crippen molar-refractivity contribution in [2.45, 2.75) is 38.6 Å². The van der Waals surface area contributed by atoms with Gasteiger partial charge in [-0.05, 0) is 61.4 Å². The molecule has 1 fully saturated rings. The topological polar surface area (TPSA) is 88.7 Å². The van der Waals surface area contributed by atoms with Gasteiger partial charge in [0.25, 0.3) is 5.56 Å². The van der Waals surface area contributed by atoms with Gasteiger partial charge in [0.2, 0.25) is 17.6 Å². The Hall–Kier alpha value is -2.76. The van der Waals surface area contributed by atoms with Crippen molar-refractivity contribution in [2.75, 3.05) is 29.9 Å². The van der Waals surface area contributed by atoms with Crippen LogP contribution in [0.1, 0.15) is 31.6 Å². The minimum atomic E-state index is -3.29. The maximum atomic E-state index is 13.5. The van der Waals surface area contributed by atoms with Crippen LogP contribution in [0.4, 0.5) is 16.3 Å². The van der Waals surface area contributed by atoms with Crippen molar-refractivity contribution in [1.82, 2.24) is 19.1 Å². The molecule has 9 nitrogen and oxygen atoms in total. The molecule has 39 heavy (non-hydrogen) atoms. The lowest BCUT2D eigenvalue weighted by atomic mass is 10.0. The van der Waals surface area contributed by atoms with Gasteiger partial charge in [0.1, 0.15) is 12.0 Å². The first-order chi connectivity index (χ1) is 18.6. The minimum Gasteiger partial charge on any atom is -0.342 e. The summed E-state index contributed by atoms with van der Waals surface area (Å²) in [5.41, 5.74) is -0.662. The van der Waals surface area contributed by atoms with Crippen LogP contribution in [-0.4, -0.2) is 50.2 Å². The predicted octanol–water partition coefficient (Wildman–Crippen LogP) is 4.57. The molecule has 3 heterocycles. The summed E-state index contributed by atoms with van der Waals surface area (Å²) < 4.78 is 22.5. The number of para-hydroxylation sites is 2. The van der Waals surface area contributed by atoms with Crippen LogP contribution in [0.2, 0.25) is 0 Å². The number of hydrogen-bond acceptors (Lipinski definition) is 7. The third-order valence-corrected chi connectivity index (χ3v) is 8.13. The molecule has 2 atom stereocenters. The Kier molecular flexibility index (Phi) is 8.11. The molecule has 0 spiro atoms. The summed E-state index contributed by atoms with van der Waals surface area (Å²) in [5, 5.41) is 0. The van der Waals surface area contributed by atoms with Gasteiger partial charge < -0.3 is 19.3 Å². The number of anilines is 2. The SMILES string of the molecule is CC(OP(O)(=S)S)n1c(N(C)C2CCN(c3nc4ccccc4n3Cc3ccc(F)cc3)CC2)nccc1=O. The van der Waals surface area contributed by atoms with E-state index in [9.17, 15) is 14.1 Å². The van der Waals surface area contributed by atoms with Crippen LogP contribution in [0.5, 0.6) is 0 Å². The Morgan fingerprint density at radius 3 is 2.59 bits per heavy atom. The third kappa shape index (κ3) is 6.20. The second-order valence-electron chi connectivity index (χ2n) is 9.59. The number of aromatic nitrogens is 4. The highest BCUT2D eigenvalue weighted by atomic mass is 32.9. The molecule has 2 unspecified atom stereocenters. The molecule has 0 saturated carbocycles. The van der Waals surface area contributed by atoms with Crippen molar-refractivity contribution >= 4 is 52.7 Å². The van der Waals surface area contributed by atoms with E-state index >= 15 is 0 Å². The van der Waals surface area contributed by atoms with E-state index in [1.54, 1.807) is 19.1 Å². The number of imidazole rings is 1. The minimum absolute atomic E-state index is 0.108. The van der Waals surface area contributed by atoms with Crippen molar-refractivity contribution in [3.05, 3.63) is 82.5 Å². The van der Waals surface area contributed by atoms with Gasteiger partial charge in [-0.3, -0.25) is 13.9 Å². The largest absolute Gasteiger partial charge is 0.342 e. The molecule has 206 valence electrons. The Morgan fingerprint density at radius 1 is 1.21 bits per heavy atom. The van der Waals surface area contributed by atoms with E-state index in [4.69, 9.17) is 21.3 Å². The summed E-state index contributed by atoms with van der Waals surface area (Å²) in [7, 11) is 1.91. The van der Waals surface area contributed by atoms with E-state index in [0.29, 0.717) is 12.5 Å². The molecule has 1 aliphatic heterocycles. The third-order valence-electron chi connectivity index (χ3n) is 7.01. The predicted molar refractivity (Wildman–Crippen MR) is 159 cm³/mol. The maximum Gasteiger partial charge on any atom is 0.256 e. The first-order valence-electron chi connectivity index (χ1n) is 12.6. The van der Waals surface area contributed by atoms with E-state index in [2.05, 4.69) is 32.8 Å². The molecule has 0 amide bonds. The fourth-order valence-electron chi connectivity index (χ4n) is 5.11. The Morgan fingerprint density at radius 2 is 1.90 bits per heavy atom. The quantitative estimate of drug-likeness (QED) is 0.229. The van der Waals surface area contributed by atoms with Crippen LogP contribution >= 0.6 is 17.9 Å². The zero-order chi connectivity index (χ0) is 27.7. The van der Waals surface area contributed by atoms with E-state index in [1.807, 2.05) is 30.1 Å². The van der Waals surface area contributed by atoms with Crippen LogP contribution in [0, 0.1) is 5.82 Å². The molecule has 1 N–H and O–H groups in total. The van der Waals surface area contributed by atoms with Gasteiger partial charge in [-0.25, -0.2) is 14.4 Å². The lowest BCUT2D eigenvalue weighted by Crippen LogP contribution is -2.46. The van der Waals surface area contributed by atoms with Gasteiger partial charge in [0, 0.05) is 38.4 Å². The van der Waals surface area contributed by atoms with E-state index in [-0.39, 0.29) is 17.4 Å². The molecule has 4 aromatic rings. The molecule has 13 heteroatoms. The molecule has 0 radical (unpaired) electrons. The molecular weight excluding hydrogens is 558 g/mol. The Labute approximate surface area is 236 Å². The highest BCUT2D eigenvalue weighted by molar-refractivity contribution is 8.59. The summed E-state index contributed by atoms with van der Waals surface area (Å²) in [6.45, 7) is 3.72. The first-order valence-corrected chi connectivity index (χ1v) is 16.4. The van der Waals surface area contributed by atoms with Crippen molar-refractivity contribution < 1.29 is 13.8 Å². The summed E-state index contributed by atoms with van der Waals surface area (Å²) in [4.78, 5) is 36.3. The zero-order valence-electron chi connectivity index (χ0n) is 21.6. The Bertz CT molecular complexity index is 1570. The number of hydrogen-bond donors (Lipinski definition) is 2. The second-order valence-corrected chi connectivity index (χ2v) is 14.7. The molecule has 1 saturated heterocycles. The van der Waals surface area contributed by atoms with Crippen molar-refractivity contribution in [2.24, 2.45) is 0 Å².